The molecule has 16 heavy (non-hydrogen) atoms. The summed E-state index contributed by atoms with van der Waals surface area (Å²) in [7, 11) is 0. The number of benzene rings is 1. The molecule has 1 aromatic rings. The summed E-state index contributed by atoms with van der Waals surface area (Å²) in [6.45, 7) is 1.77. The van der Waals surface area contributed by atoms with Crippen molar-refractivity contribution in [3.8, 4) is 0 Å². The number of hydrogen-bond donors (Lipinski definition) is 2. The van der Waals surface area contributed by atoms with Crippen molar-refractivity contribution in [2.45, 2.75) is 12.3 Å². The molecule has 0 amide bonds. The highest BCUT2D eigenvalue weighted by atomic mass is 16.5. The van der Waals surface area contributed by atoms with Crippen molar-refractivity contribution in [1.82, 2.24) is 4.90 Å². The Balaban J connectivity index is 2.10. The fraction of sp³-hybridized carbons (Fsp3) is 0.500. The van der Waals surface area contributed by atoms with E-state index in [1.165, 1.54) is 0 Å². The molecular formula is C12H17NO3. The minimum atomic E-state index is -0.678. The number of aliphatic hydroxyl groups is 2. The maximum Gasteiger partial charge on any atom is 0.138 e. The molecule has 0 aliphatic carbocycles. The van der Waals surface area contributed by atoms with Crippen LogP contribution in [0.1, 0.15) is 11.7 Å². The molecule has 0 saturated carbocycles. The summed E-state index contributed by atoms with van der Waals surface area (Å²) in [6, 6.07) is 9.67. The van der Waals surface area contributed by atoms with Crippen LogP contribution in [0.5, 0.6) is 0 Å². The van der Waals surface area contributed by atoms with E-state index in [9.17, 15) is 5.11 Å². The number of nitrogens with zero attached hydrogens (tertiary/aromatic N) is 1. The third-order valence-corrected chi connectivity index (χ3v) is 2.84. The molecule has 4 heteroatoms. The van der Waals surface area contributed by atoms with Gasteiger partial charge in [-0.3, -0.25) is 4.90 Å². The molecule has 2 atom stereocenters. The number of morpholine rings is 1. The summed E-state index contributed by atoms with van der Waals surface area (Å²) in [5, 5.41) is 19.0. The Morgan fingerprint density at radius 2 is 2.06 bits per heavy atom. The molecule has 2 N–H and O–H groups in total. The van der Waals surface area contributed by atoms with Gasteiger partial charge in [0.05, 0.1) is 13.2 Å². The third kappa shape index (κ3) is 2.41. The summed E-state index contributed by atoms with van der Waals surface area (Å²) in [6.07, 6.45) is -0.996. The van der Waals surface area contributed by atoms with E-state index in [-0.39, 0.29) is 12.7 Å². The quantitative estimate of drug-likeness (QED) is 0.777. The number of β-amino-alcohol motifs (C(OH)–C–C–N with tert-alkyl or cyclic N) is 1. The fourth-order valence-electron chi connectivity index (χ4n) is 1.99. The average molecular weight is 223 g/mol. The van der Waals surface area contributed by atoms with Crippen LogP contribution < -0.4 is 0 Å². The van der Waals surface area contributed by atoms with E-state index >= 15 is 0 Å². The van der Waals surface area contributed by atoms with E-state index in [4.69, 9.17) is 9.84 Å². The van der Waals surface area contributed by atoms with Gasteiger partial charge in [-0.05, 0) is 5.56 Å². The highest BCUT2D eigenvalue weighted by Crippen LogP contribution is 2.26. The summed E-state index contributed by atoms with van der Waals surface area (Å²) < 4.78 is 5.58. The number of ether oxygens (including phenoxy) is 1. The molecule has 2 rings (SSSR count). The van der Waals surface area contributed by atoms with E-state index in [0.29, 0.717) is 19.7 Å². The lowest BCUT2D eigenvalue weighted by Gasteiger charge is -2.37. The molecular weight excluding hydrogens is 206 g/mol. The van der Waals surface area contributed by atoms with Crippen LogP contribution in [-0.2, 0) is 4.74 Å². The monoisotopic (exact) mass is 223 g/mol. The van der Waals surface area contributed by atoms with Gasteiger partial charge in [-0.1, -0.05) is 30.3 Å². The number of rotatable bonds is 3. The van der Waals surface area contributed by atoms with Crippen LogP contribution in [0.2, 0.25) is 0 Å². The lowest BCUT2D eigenvalue weighted by Crippen LogP contribution is -2.48. The van der Waals surface area contributed by atoms with Crippen LogP contribution in [0.25, 0.3) is 0 Å². The maximum absolute atomic E-state index is 10.1. The summed E-state index contributed by atoms with van der Waals surface area (Å²) in [5.41, 5.74) is 0.970. The maximum atomic E-state index is 10.1. The molecule has 1 aromatic carbocycles. The SMILES string of the molecule is OCCN1CCOC(c2ccccc2)C1O. The smallest absolute Gasteiger partial charge is 0.138 e. The number of aliphatic hydroxyl groups excluding tert-OH is 2. The molecule has 0 radical (unpaired) electrons. The first-order valence-corrected chi connectivity index (χ1v) is 5.52. The Kier molecular flexibility index (Phi) is 3.90. The van der Waals surface area contributed by atoms with Crippen molar-refractivity contribution in [2.24, 2.45) is 0 Å². The zero-order valence-electron chi connectivity index (χ0n) is 9.12. The van der Waals surface area contributed by atoms with Gasteiger partial charge in [0.2, 0.25) is 0 Å². The zero-order chi connectivity index (χ0) is 11.4. The molecule has 2 unspecified atom stereocenters. The Hall–Kier alpha value is -0.940. The topological polar surface area (TPSA) is 52.9 Å². The molecule has 1 aliphatic heterocycles. The van der Waals surface area contributed by atoms with Crippen LogP contribution in [0, 0.1) is 0 Å². The largest absolute Gasteiger partial charge is 0.395 e. The standard InChI is InChI=1S/C12H17NO3/c14-8-6-13-7-9-16-11(12(13)15)10-4-2-1-3-5-10/h1-5,11-12,14-15H,6-9H2. The van der Waals surface area contributed by atoms with E-state index < -0.39 is 6.23 Å². The second-order valence-electron chi connectivity index (χ2n) is 3.88. The molecule has 4 nitrogen and oxygen atoms in total. The van der Waals surface area contributed by atoms with Gasteiger partial charge in [-0.15, -0.1) is 0 Å². The molecule has 0 aromatic heterocycles. The Bertz CT molecular complexity index is 315. The highest BCUT2D eigenvalue weighted by molar-refractivity contribution is 5.18. The van der Waals surface area contributed by atoms with Gasteiger partial charge in [0.25, 0.3) is 0 Å². The molecule has 1 heterocycles. The van der Waals surface area contributed by atoms with Gasteiger partial charge in [0.15, 0.2) is 0 Å². The second kappa shape index (κ2) is 5.41. The molecule has 0 spiro atoms. The molecule has 1 fully saturated rings. The van der Waals surface area contributed by atoms with Gasteiger partial charge in [-0.2, -0.15) is 0 Å². The lowest BCUT2D eigenvalue weighted by molar-refractivity contribution is -0.161. The number of hydrogen-bond acceptors (Lipinski definition) is 4. The average Bonchev–Trinajstić information content (AvgIpc) is 2.33. The zero-order valence-corrected chi connectivity index (χ0v) is 9.12. The second-order valence-corrected chi connectivity index (χ2v) is 3.88. The first-order chi connectivity index (χ1) is 7.83. The molecule has 88 valence electrons. The molecule has 1 saturated heterocycles. The predicted molar refractivity (Wildman–Crippen MR) is 59.8 cm³/mol. The predicted octanol–water partition coefficient (Wildman–Crippen LogP) is 0.371. The van der Waals surface area contributed by atoms with Crippen LogP contribution in [0.3, 0.4) is 0 Å². The van der Waals surface area contributed by atoms with Crippen molar-refractivity contribution < 1.29 is 14.9 Å². The van der Waals surface area contributed by atoms with E-state index in [1.54, 1.807) is 0 Å². The molecule has 0 bridgehead atoms. The highest BCUT2D eigenvalue weighted by Gasteiger charge is 2.31. The van der Waals surface area contributed by atoms with E-state index in [1.807, 2.05) is 35.2 Å². The van der Waals surface area contributed by atoms with Gasteiger partial charge in [0.1, 0.15) is 12.3 Å². The van der Waals surface area contributed by atoms with Crippen molar-refractivity contribution >= 4 is 0 Å². The van der Waals surface area contributed by atoms with Gasteiger partial charge in [0, 0.05) is 13.1 Å². The van der Waals surface area contributed by atoms with Crippen molar-refractivity contribution in [3.63, 3.8) is 0 Å². The van der Waals surface area contributed by atoms with Gasteiger partial charge >= 0.3 is 0 Å². The summed E-state index contributed by atoms with van der Waals surface area (Å²) >= 11 is 0. The fourth-order valence-corrected chi connectivity index (χ4v) is 1.99. The van der Waals surface area contributed by atoms with Crippen LogP contribution >= 0.6 is 0 Å². The van der Waals surface area contributed by atoms with E-state index in [0.717, 1.165) is 5.56 Å². The minimum Gasteiger partial charge on any atom is -0.395 e. The van der Waals surface area contributed by atoms with Gasteiger partial charge < -0.3 is 14.9 Å². The van der Waals surface area contributed by atoms with Crippen LogP contribution in [0.4, 0.5) is 0 Å². The molecule has 1 aliphatic rings. The lowest BCUT2D eigenvalue weighted by atomic mass is 10.1. The third-order valence-electron chi connectivity index (χ3n) is 2.84. The Morgan fingerprint density at radius 1 is 1.31 bits per heavy atom. The Morgan fingerprint density at radius 3 is 2.75 bits per heavy atom. The van der Waals surface area contributed by atoms with Crippen LogP contribution in [-0.4, -0.2) is 47.6 Å². The van der Waals surface area contributed by atoms with Crippen LogP contribution in [0.15, 0.2) is 30.3 Å². The Labute approximate surface area is 95.1 Å². The van der Waals surface area contributed by atoms with Crippen molar-refractivity contribution in [2.75, 3.05) is 26.3 Å². The van der Waals surface area contributed by atoms with Crippen molar-refractivity contribution in [1.29, 1.82) is 0 Å². The first kappa shape index (κ1) is 11.5. The van der Waals surface area contributed by atoms with Gasteiger partial charge in [-0.25, -0.2) is 0 Å². The minimum absolute atomic E-state index is 0.0541. The normalized spacial score (nSPS) is 26.9. The van der Waals surface area contributed by atoms with Crippen molar-refractivity contribution in [3.05, 3.63) is 35.9 Å². The first-order valence-electron chi connectivity index (χ1n) is 5.52. The summed E-state index contributed by atoms with van der Waals surface area (Å²) in [5.74, 6) is 0. The summed E-state index contributed by atoms with van der Waals surface area (Å²) in [4.78, 5) is 1.83. The van der Waals surface area contributed by atoms with E-state index in [2.05, 4.69) is 0 Å².